The van der Waals surface area contributed by atoms with Crippen LogP contribution in [0.25, 0.3) is 28.4 Å². The Hall–Kier alpha value is -4.41. The van der Waals surface area contributed by atoms with Crippen LogP contribution >= 0.6 is 0 Å². The number of nitrogens with one attached hydrogen (secondary N) is 2. The van der Waals surface area contributed by atoms with Crippen molar-refractivity contribution in [3.63, 3.8) is 0 Å². The lowest BCUT2D eigenvalue weighted by Gasteiger charge is -2.07. The van der Waals surface area contributed by atoms with Gasteiger partial charge in [-0.15, -0.1) is 0 Å². The van der Waals surface area contributed by atoms with E-state index in [0.29, 0.717) is 34.6 Å². The van der Waals surface area contributed by atoms with E-state index in [1.54, 1.807) is 25.4 Å². The fourth-order valence-electron chi connectivity index (χ4n) is 3.01. The van der Waals surface area contributed by atoms with Crippen molar-refractivity contribution in [2.45, 2.75) is 6.92 Å². The maximum Gasteiger partial charge on any atom is 0.223 e. The summed E-state index contributed by atoms with van der Waals surface area (Å²) in [4.78, 5) is 17.5. The lowest BCUT2D eigenvalue weighted by Crippen LogP contribution is -2.05. The number of aromatic amines is 1. The number of hydrogen-bond acceptors (Lipinski definition) is 9. The molecular formula is C18H15N11. The van der Waals surface area contributed by atoms with Crippen molar-refractivity contribution in [1.82, 2.24) is 44.7 Å². The van der Waals surface area contributed by atoms with Gasteiger partial charge in [0.15, 0.2) is 11.6 Å². The number of fused-ring (bicyclic) bond motifs is 1. The van der Waals surface area contributed by atoms with Crippen LogP contribution in [-0.2, 0) is 0 Å². The summed E-state index contributed by atoms with van der Waals surface area (Å²) < 4.78 is 1.89. The van der Waals surface area contributed by atoms with Crippen molar-refractivity contribution >= 4 is 23.2 Å². The average Bonchev–Trinajstić information content (AvgIpc) is 3.35. The molecule has 0 amide bonds. The summed E-state index contributed by atoms with van der Waals surface area (Å²) in [6.07, 6.45) is 5.19. The number of aryl methyl sites for hydroxylation is 1. The summed E-state index contributed by atoms with van der Waals surface area (Å²) in [6, 6.07) is 9.35. The smallest absolute Gasteiger partial charge is 0.223 e. The number of hydrogen-bond donors (Lipinski definition) is 3. The Morgan fingerprint density at radius 3 is 2.72 bits per heavy atom. The Balaban J connectivity index is 1.75. The minimum atomic E-state index is 0.139. The Morgan fingerprint density at radius 1 is 1.03 bits per heavy atom. The summed E-state index contributed by atoms with van der Waals surface area (Å²) in [5.41, 5.74) is 8.82. The molecule has 0 spiro atoms. The van der Waals surface area contributed by atoms with E-state index in [9.17, 15) is 0 Å². The van der Waals surface area contributed by atoms with Crippen LogP contribution in [-0.4, -0.2) is 44.7 Å². The molecule has 0 saturated carbocycles. The third-order valence-corrected chi connectivity index (χ3v) is 4.22. The van der Waals surface area contributed by atoms with E-state index in [2.05, 4.69) is 45.6 Å². The predicted octanol–water partition coefficient (Wildman–Crippen LogP) is 2.00. The highest BCUT2D eigenvalue weighted by Crippen LogP contribution is 2.30. The molecule has 0 unspecified atom stereocenters. The number of nitrogens with two attached hydrogens (primary N) is 1. The zero-order valence-electron chi connectivity index (χ0n) is 15.3. The van der Waals surface area contributed by atoms with Crippen molar-refractivity contribution in [3.05, 3.63) is 54.7 Å². The molecule has 29 heavy (non-hydrogen) atoms. The summed E-state index contributed by atoms with van der Waals surface area (Å²) in [6.45, 7) is 1.76. The first-order valence-corrected chi connectivity index (χ1v) is 8.72. The monoisotopic (exact) mass is 385 g/mol. The normalized spacial score (nSPS) is 11.1. The molecule has 0 aliphatic carbocycles. The molecule has 11 nitrogen and oxygen atoms in total. The minimum Gasteiger partial charge on any atom is -0.368 e. The van der Waals surface area contributed by atoms with E-state index in [1.807, 2.05) is 34.9 Å². The number of aromatic nitrogens is 9. The van der Waals surface area contributed by atoms with E-state index < -0.39 is 0 Å². The second kappa shape index (κ2) is 6.64. The topological polar surface area (TPSA) is 148 Å². The minimum absolute atomic E-state index is 0.139. The highest BCUT2D eigenvalue weighted by atomic mass is 15.2. The molecular weight excluding hydrogens is 370 g/mol. The van der Waals surface area contributed by atoms with Gasteiger partial charge in [0.1, 0.15) is 23.0 Å². The van der Waals surface area contributed by atoms with Crippen LogP contribution in [0.1, 0.15) is 5.82 Å². The maximum absolute atomic E-state index is 5.87. The van der Waals surface area contributed by atoms with Gasteiger partial charge in [0.05, 0.1) is 11.9 Å². The molecule has 11 heteroatoms. The fourth-order valence-corrected chi connectivity index (χ4v) is 3.01. The van der Waals surface area contributed by atoms with Crippen LogP contribution in [0.3, 0.4) is 0 Å². The second-order valence-electron chi connectivity index (χ2n) is 6.22. The molecule has 0 saturated heterocycles. The Bertz CT molecular complexity index is 1270. The number of H-pyrrole nitrogens is 1. The largest absolute Gasteiger partial charge is 0.368 e. The number of rotatable bonds is 4. The highest BCUT2D eigenvalue weighted by molar-refractivity contribution is 5.77. The molecule has 4 N–H and O–H groups in total. The van der Waals surface area contributed by atoms with Crippen molar-refractivity contribution < 1.29 is 0 Å². The lowest BCUT2D eigenvalue weighted by molar-refractivity contribution is 0.982. The quantitative estimate of drug-likeness (QED) is 0.422. The molecule has 0 aliphatic rings. The summed E-state index contributed by atoms with van der Waals surface area (Å²) in [5, 5.41) is 18.2. The van der Waals surface area contributed by atoms with Crippen LogP contribution in [0.2, 0.25) is 0 Å². The summed E-state index contributed by atoms with van der Waals surface area (Å²) in [7, 11) is 0. The first kappa shape index (κ1) is 16.7. The van der Waals surface area contributed by atoms with Gasteiger partial charge in [0.25, 0.3) is 0 Å². The molecule has 0 aromatic carbocycles. The number of pyridine rings is 1. The molecule has 0 aliphatic heterocycles. The highest BCUT2D eigenvalue weighted by Gasteiger charge is 2.19. The number of anilines is 3. The Morgan fingerprint density at radius 2 is 1.97 bits per heavy atom. The second-order valence-corrected chi connectivity index (χ2v) is 6.22. The van der Waals surface area contributed by atoms with Gasteiger partial charge in [-0.2, -0.15) is 25.3 Å². The first-order valence-electron chi connectivity index (χ1n) is 8.72. The molecule has 5 aromatic rings. The van der Waals surface area contributed by atoms with Gasteiger partial charge >= 0.3 is 0 Å². The zero-order chi connectivity index (χ0) is 19.8. The number of nitrogens with zero attached hydrogens (tertiary/aromatic N) is 8. The van der Waals surface area contributed by atoms with Crippen LogP contribution in [0.5, 0.6) is 0 Å². The van der Waals surface area contributed by atoms with E-state index >= 15 is 0 Å². The van der Waals surface area contributed by atoms with Crippen molar-refractivity contribution in [2.75, 3.05) is 11.1 Å². The lowest BCUT2D eigenvalue weighted by atomic mass is 10.2. The maximum atomic E-state index is 5.87. The van der Waals surface area contributed by atoms with E-state index in [-0.39, 0.29) is 5.95 Å². The van der Waals surface area contributed by atoms with Gasteiger partial charge in [-0.1, -0.05) is 0 Å². The van der Waals surface area contributed by atoms with E-state index in [0.717, 1.165) is 11.3 Å². The molecule has 5 rings (SSSR count). The standard InChI is InChI=1S/C18H15N11/c1-10-22-16(26-18(19)23-10)15-17(24-13-6-8-21-28-13)25-14-5-4-11(9-29(14)15)12-3-2-7-20-27-12/h2-9H,1H3,(H2,21,24,28)(H2,19,22,23,26). The fraction of sp³-hybridized carbons (Fsp3) is 0.0556. The summed E-state index contributed by atoms with van der Waals surface area (Å²) in [5.74, 6) is 2.29. The van der Waals surface area contributed by atoms with Gasteiger partial charge in [0.2, 0.25) is 5.95 Å². The van der Waals surface area contributed by atoms with Gasteiger partial charge in [0, 0.05) is 24.0 Å². The van der Waals surface area contributed by atoms with Gasteiger partial charge in [-0.25, -0.2) is 9.97 Å². The molecule has 5 aromatic heterocycles. The first-order chi connectivity index (χ1) is 14.2. The molecule has 142 valence electrons. The SMILES string of the molecule is Cc1nc(N)nc(-c2c(Nc3ccn[nH]3)nc3ccc(-c4cccnn4)cn23)n1. The van der Waals surface area contributed by atoms with Crippen LogP contribution in [0.15, 0.2) is 48.9 Å². The molecule has 0 bridgehead atoms. The van der Waals surface area contributed by atoms with Crippen molar-refractivity contribution in [2.24, 2.45) is 0 Å². The molecule has 0 fully saturated rings. The Kier molecular flexibility index (Phi) is 3.83. The van der Waals surface area contributed by atoms with Gasteiger partial charge in [-0.05, 0) is 31.2 Å². The van der Waals surface area contributed by atoms with Gasteiger partial charge in [-0.3, -0.25) is 9.50 Å². The summed E-state index contributed by atoms with van der Waals surface area (Å²) >= 11 is 0. The van der Waals surface area contributed by atoms with E-state index in [1.165, 1.54) is 0 Å². The molecule has 5 heterocycles. The number of nitrogen functional groups attached to an aromatic ring is 1. The molecule has 0 radical (unpaired) electrons. The zero-order valence-corrected chi connectivity index (χ0v) is 15.3. The van der Waals surface area contributed by atoms with Crippen LogP contribution in [0.4, 0.5) is 17.6 Å². The van der Waals surface area contributed by atoms with Crippen molar-refractivity contribution in [1.29, 1.82) is 0 Å². The number of imidazole rings is 1. The van der Waals surface area contributed by atoms with E-state index in [4.69, 9.17) is 5.73 Å². The van der Waals surface area contributed by atoms with Crippen LogP contribution < -0.4 is 11.1 Å². The van der Waals surface area contributed by atoms with Crippen LogP contribution in [0, 0.1) is 6.92 Å². The third kappa shape index (κ3) is 3.10. The van der Waals surface area contributed by atoms with Gasteiger partial charge < -0.3 is 11.1 Å². The third-order valence-electron chi connectivity index (χ3n) is 4.22. The molecule has 0 atom stereocenters. The predicted molar refractivity (Wildman–Crippen MR) is 106 cm³/mol. The van der Waals surface area contributed by atoms with Crippen molar-refractivity contribution in [3.8, 4) is 22.8 Å². The Labute approximate surface area is 164 Å². The average molecular weight is 385 g/mol.